The van der Waals surface area contributed by atoms with Gasteiger partial charge in [0.2, 0.25) is 0 Å². The minimum Gasteiger partial charge on any atom is -0.497 e. The second-order valence-corrected chi connectivity index (χ2v) is 8.63. The molecule has 1 aromatic heterocycles. The van der Waals surface area contributed by atoms with Crippen molar-refractivity contribution in [2.75, 3.05) is 20.3 Å². The summed E-state index contributed by atoms with van der Waals surface area (Å²) in [5.41, 5.74) is 3.63. The lowest BCUT2D eigenvalue weighted by Crippen LogP contribution is -2.42. The van der Waals surface area contributed by atoms with Crippen molar-refractivity contribution in [2.45, 2.75) is 39.0 Å². The van der Waals surface area contributed by atoms with Crippen molar-refractivity contribution in [3.8, 4) is 5.75 Å². The molecule has 1 aliphatic heterocycles. The summed E-state index contributed by atoms with van der Waals surface area (Å²) in [5.74, 6) is 0.806. The molecule has 2 aromatic carbocycles. The van der Waals surface area contributed by atoms with E-state index in [1.54, 1.807) is 7.11 Å². The molecule has 168 valence electrons. The first kappa shape index (κ1) is 22.3. The summed E-state index contributed by atoms with van der Waals surface area (Å²) in [6.07, 6.45) is 2.31. The summed E-state index contributed by atoms with van der Waals surface area (Å²) >= 11 is 5.74. The number of hydrogen-bond acceptors (Lipinski definition) is 4. The van der Waals surface area contributed by atoms with Crippen LogP contribution in [-0.2, 0) is 17.8 Å². The van der Waals surface area contributed by atoms with Crippen molar-refractivity contribution in [2.24, 2.45) is 0 Å². The van der Waals surface area contributed by atoms with E-state index in [1.165, 1.54) is 0 Å². The van der Waals surface area contributed by atoms with E-state index in [9.17, 15) is 4.79 Å². The van der Waals surface area contributed by atoms with Gasteiger partial charge in [0, 0.05) is 30.8 Å². The first-order chi connectivity index (χ1) is 15.5. The number of rotatable bonds is 7. The van der Waals surface area contributed by atoms with E-state index in [1.807, 2.05) is 60.4 Å². The van der Waals surface area contributed by atoms with E-state index in [-0.39, 0.29) is 11.7 Å². The van der Waals surface area contributed by atoms with Crippen molar-refractivity contribution in [1.82, 2.24) is 15.2 Å². The average Bonchev–Trinajstić information content (AvgIpc) is 3.32. The third-order valence-electron chi connectivity index (χ3n) is 5.76. The molecule has 0 unspecified atom stereocenters. The molecule has 1 atom stereocenters. The maximum atomic E-state index is 12.8. The predicted octanol–water partition coefficient (Wildman–Crippen LogP) is 3.90. The highest BCUT2D eigenvalue weighted by atomic mass is 32.1. The van der Waals surface area contributed by atoms with Gasteiger partial charge in [-0.25, -0.2) is 0 Å². The molecule has 0 amide bonds. The summed E-state index contributed by atoms with van der Waals surface area (Å²) < 4.78 is 11.0. The molecular formula is C25H29N3O3S. The molecule has 7 heteroatoms. The van der Waals surface area contributed by atoms with E-state index in [0.717, 1.165) is 47.2 Å². The van der Waals surface area contributed by atoms with Gasteiger partial charge in [-0.2, -0.15) is 0 Å². The van der Waals surface area contributed by atoms with E-state index in [2.05, 4.69) is 10.3 Å². The highest BCUT2D eigenvalue weighted by molar-refractivity contribution is 7.80. The predicted molar refractivity (Wildman–Crippen MR) is 131 cm³/mol. The number of pyridine rings is 1. The van der Waals surface area contributed by atoms with Crippen LogP contribution in [0.1, 0.15) is 29.5 Å². The number of aromatic nitrogens is 1. The maximum absolute atomic E-state index is 12.8. The molecule has 2 N–H and O–H groups in total. The third kappa shape index (κ3) is 5.47. The van der Waals surface area contributed by atoms with Crippen LogP contribution in [-0.4, -0.2) is 41.4 Å². The van der Waals surface area contributed by atoms with Gasteiger partial charge in [0.05, 0.1) is 19.8 Å². The van der Waals surface area contributed by atoms with E-state index in [4.69, 9.17) is 21.7 Å². The van der Waals surface area contributed by atoms with Gasteiger partial charge in [-0.15, -0.1) is 0 Å². The van der Waals surface area contributed by atoms with Crippen molar-refractivity contribution in [3.63, 3.8) is 0 Å². The Morgan fingerprint density at radius 2 is 2.03 bits per heavy atom. The Kier molecular flexibility index (Phi) is 7.07. The van der Waals surface area contributed by atoms with E-state index >= 15 is 0 Å². The van der Waals surface area contributed by atoms with Gasteiger partial charge in [0.1, 0.15) is 5.75 Å². The minimum atomic E-state index is -0.0928. The molecular weight excluding hydrogens is 422 g/mol. The number of benzene rings is 2. The van der Waals surface area contributed by atoms with Crippen LogP contribution in [0.3, 0.4) is 0 Å². The van der Waals surface area contributed by atoms with Crippen LogP contribution in [0.5, 0.6) is 5.75 Å². The lowest BCUT2D eigenvalue weighted by Gasteiger charge is -2.27. The molecule has 4 rings (SSSR count). The van der Waals surface area contributed by atoms with Gasteiger partial charge in [0.25, 0.3) is 5.56 Å². The number of aryl methyl sites for hydroxylation is 1. The van der Waals surface area contributed by atoms with Crippen molar-refractivity contribution in [1.29, 1.82) is 0 Å². The molecule has 6 nitrogen and oxygen atoms in total. The number of nitrogens with one attached hydrogen (secondary N) is 2. The number of ether oxygens (including phenoxy) is 2. The van der Waals surface area contributed by atoms with E-state index < -0.39 is 0 Å². The van der Waals surface area contributed by atoms with Crippen LogP contribution >= 0.6 is 12.2 Å². The van der Waals surface area contributed by atoms with Crippen LogP contribution < -0.4 is 15.6 Å². The molecule has 0 radical (unpaired) electrons. The number of hydrogen-bond donors (Lipinski definition) is 2. The lowest BCUT2D eigenvalue weighted by atomic mass is 10.1. The van der Waals surface area contributed by atoms with Crippen molar-refractivity contribution >= 4 is 28.2 Å². The Labute approximate surface area is 193 Å². The second kappa shape index (κ2) is 10.1. The topological polar surface area (TPSA) is 66.6 Å². The summed E-state index contributed by atoms with van der Waals surface area (Å²) in [5, 5.41) is 4.97. The average molecular weight is 452 g/mol. The Morgan fingerprint density at radius 1 is 1.22 bits per heavy atom. The molecule has 0 aliphatic carbocycles. The largest absolute Gasteiger partial charge is 0.497 e. The third-order valence-corrected chi connectivity index (χ3v) is 6.17. The summed E-state index contributed by atoms with van der Waals surface area (Å²) in [6.45, 7) is 4.47. The standard InChI is InChI=1S/C25H29N3O3S/c1-17-5-8-19-13-20(24(29)27-23(19)12-17)16-28(15-18-6-9-21(30-2)10-7-18)25(32)26-14-22-4-3-11-31-22/h5-10,12-13,22H,3-4,11,14-16H2,1-2H3,(H,26,32)(H,27,29)/t22-/m1/s1. The Morgan fingerprint density at radius 3 is 2.75 bits per heavy atom. The molecule has 3 aromatic rings. The smallest absolute Gasteiger partial charge is 0.253 e. The number of thiocarbonyl (C=S) groups is 1. The quantitative estimate of drug-likeness (QED) is 0.531. The number of fused-ring (bicyclic) bond motifs is 1. The van der Waals surface area contributed by atoms with E-state index in [0.29, 0.717) is 30.3 Å². The fraction of sp³-hybridized carbons (Fsp3) is 0.360. The zero-order valence-electron chi connectivity index (χ0n) is 18.5. The van der Waals surface area contributed by atoms with Crippen LogP contribution in [0.4, 0.5) is 0 Å². The van der Waals surface area contributed by atoms with Gasteiger partial charge in [0.15, 0.2) is 5.11 Å². The highest BCUT2D eigenvalue weighted by Gasteiger charge is 2.18. The number of nitrogens with zero attached hydrogens (tertiary/aromatic N) is 1. The minimum absolute atomic E-state index is 0.0928. The summed E-state index contributed by atoms with van der Waals surface area (Å²) in [7, 11) is 1.65. The summed E-state index contributed by atoms with van der Waals surface area (Å²) in [6, 6.07) is 15.9. The van der Waals surface area contributed by atoms with Gasteiger partial charge in [-0.1, -0.05) is 24.3 Å². The van der Waals surface area contributed by atoms with Crippen LogP contribution in [0.2, 0.25) is 0 Å². The molecule has 0 bridgehead atoms. The van der Waals surface area contributed by atoms with Gasteiger partial charge in [-0.3, -0.25) is 4.79 Å². The first-order valence-corrected chi connectivity index (χ1v) is 11.3. The molecule has 1 aliphatic rings. The Bertz CT molecular complexity index is 1140. The van der Waals surface area contributed by atoms with Crippen molar-refractivity contribution in [3.05, 3.63) is 75.6 Å². The van der Waals surface area contributed by atoms with Gasteiger partial charge in [-0.05, 0) is 72.8 Å². The van der Waals surface area contributed by atoms with Crippen LogP contribution in [0, 0.1) is 6.92 Å². The SMILES string of the molecule is COc1ccc(CN(Cc2cc3ccc(C)cc3[nH]c2=O)C(=S)NC[C@H]2CCCO2)cc1. The normalized spacial score (nSPS) is 15.6. The van der Waals surface area contributed by atoms with Crippen molar-refractivity contribution < 1.29 is 9.47 Å². The zero-order valence-corrected chi connectivity index (χ0v) is 19.3. The second-order valence-electron chi connectivity index (χ2n) is 8.24. The van der Waals surface area contributed by atoms with Crippen LogP contribution in [0.25, 0.3) is 10.9 Å². The Hall–Kier alpha value is -2.90. The molecule has 1 fully saturated rings. The van der Waals surface area contributed by atoms with Crippen LogP contribution in [0.15, 0.2) is 53.3 Å². The molecule has 0 spiro atoms. The first-order valence-electron chi connectivity index (χ1n) is 10.9. The number of H-pyrrole nitrogens is 1. The number of methoxy groups -OCH3 is 1. The highest BCUT2D eigenvalue weighted by Crippen LogP contribution is 2.17. The number of aromatic amines is 1. The summed E-state index contributed by atoms with van der Waals surface area (Å²) in [4.78, 5) is 17.9. The molecule has 32 heavy (non-hydrogen) atoms. The lowest BCUT2D eigenvalue weighted by molar-refractivity contribution is 0.113. The fourth-order valence-electron chi connectivity index (χ4n) is 3.95. The maximum Gasteiger partial charge on any atom is 0.253 e. The molecule has 1 saturated heterocycles. The zero-order chi connectivity index (χ0) is 22.5. The van der Waals surface area contributed by atoms with Gasteiger partial charge < -0.3 is 24.7 Å². The molecule has 0 saturated carbocycles. The fourth-order valence-corrected chi connectivity index (χ4v) is 4.16. The van der Waals surface area contributed by atoms with Gasteiger partial charge >= 0.3 is 0 Å². The Balaban J connectivity index is 1.56. The monoisotopic (exact) mass is 451 g/mol. The molecule has 2 heterocycles.